The highest BCUT2D eigenvalue weighted by Crippen LogP contribution is 2.17. The van der Waals surface area contributed by atoms with Crippen LogP contribution < -0.4 is 20.3 Å². The molecule has 0 saturated carbocycles. The number of rotatable bonds is 5. The number of hydrogen-bond donors (Lipinski definition) is 1. The third-order valence-electron chi connectivity index (χ3n) is 2.92. The van der Waals surface area contributed by atoms with Gasteiger partial charge in [0.2, 0.25) is 17.8 Å². The molecule has 1 aromatic carbocycles. The molecule has 0 aliphatic rings. The summed E-state index contributed by atoms with van der Waals surface area (Å²) < 4.78 is 5.23. The molecule has 2 rings (SSSR count). The number of anilines is 3. The Labute approximate surface area is 124 Å². The Balaban J connectivity index is 2.21. The molecule has 7 nitrogen and oxygen atoms in total. The predicted octanol–water partition coefficient (Wildman–Crippen LogP) is 1.16. The molecule has 0 spiro atoms. The summed E-state index contributed by atoms with van der Waals surface area (Å²) in [5, 5.41) is 0. The van der Waals surface area contributed by atoms with Crippen molar-refractivity contribution in [2.75, 3.05) is 43.8 Å². The van der Waals surface area contributed by atoms with Crippen molar-refractivity contribution in [1.29, 1.82) is 0 Å². The Morgan fingerprint density at radius 3 is 2.48 bits per heavy atom. The maximum absolute atomic E-state index is 5.74. The van der Waals surface area contributed by atoms with Gasteiger partial charge < -0.3 is 20.3 Å². The molecular formula is C14H20N6O. The van der Waals surface area contributed by atoms with Crippen molar-refractivity contribution >= 4 is 17.8 Å². The molecule has 0 radical (unpaired) electrons. The number of benzene rings is 1. The normalized spacial score (nSPS) is 10.3. The van der Waals surface area contributed by atoms with Gasteiger partial charge in [0.25, 0.3) is 0 Å². The summed E-state index contributed by atoms with van der Waals surface area (Å²) in [5.41, 5.74) is 6.84. The van der Waals surface area contributed by atoms with E-state index in [0.29, 0.717) is 18.4 Å². The van der Waals surface area contributed by atoms with Crippen LogP contribution in [0.25, 0.3) is 0 Å². The van der Waals surface area contributed by atoms with Gasteiger partial charge in [-0.15, -0.1) is 0 Å². The first-order valence-corrected chi connectivity index (χ1v) is 6.52. The lowest BCUT2D eigenvalue weighted by atomic mass is 10.2. The van der Waals surface area contributed by atoms with Gasteiger partial charge in [0.05, 0.1) is 7.11 Å². The van der Waals surface area contributed by atoms with Crippen LogP contribution in [-0.2, 0) is 6.54 Å². The smallest absolute Gasteiger partial charge is 0.231 e. The number of nitrogens with two attached hydrogens (primary N) is 1. The average molecular weight is 288 g/mol. The minimum absolute atomic E-state index is 0.209. The predicted molar refractivity (Wildman–Crippen MR) is 83.7 cm³/mol. The largest absolute Gasteiger partial charge is 0.497 e. The lowest BCUT2D eigenvalue weighted by molar-refractivity contribution is 0.414. The molecular weight excluding hydrogens is 268 g/mol. The topological polar surface area (TPSA) is 80.4 Å². The molecule has 0 amide bonds. The average Bonchev–Trinajstić information content (AvgIpc) is 2.46. The summed E-state index contributed by atoms with van der Waals surface area (Å²) in [4.78, 5) is 16.4. The summed E-state index contributed by atoms with van der Waals surface area (Å²) in [5.74, 6) is 2.11. The second kappa shape index (κ2) is 6.25. The molecule has 21 heavy (non-hydrogen) atoms. The van der Waals surface area contributed by atoms with Gasteiger partial charge in [0.15, 0.2) is 0 Å². The zero-order valence-electron chi connectivity index (χ0n) is 12.7. The van der Waals surface area contributed by atoms with Crippen molar-refractivity contribution in [2.24, 2.45) is 0 Å². The van der Waals surface area contributed by atoms with Crippen LogP contribution in [0.15, 0.2) is 24.3 Å². The number of nitrogens with zero attached hydrogens (tertiary/aromatic N) is 5. The molecule has 0 aliphatic heterocycles. The van der Waals surface area contributed by atoms with E-state index in [1.165, 1.54) is 0 Å². The molecule has 112 valence electrons. The van der Waals surface area contributed by atoms with Gasteiger partial charge in [-0.2, -0.15) is 15.0 Å². The van der Waals surface area contributed by atoms with Crippen molar-refractivity contribution in [1.82, 2.24) is 15.0 Å². The van der Waals surface area contributed by atoms with Crippen LogP contribution >= 0.6 is 0 Å². The SMILES string of the molecule is COc1cccc(CN(C)c2nc(N)nc(N(C)C)n2)c1. The van der Waals surface area contributed by atoms with Crippen LogP contribution in [0.1, 0.15) is 5.56 Å². The third kappa shape index (κ3) is 3.71. The van der Waals surface area contributed by atoms with Crippen LogP contribution in [-0.4, -0.2) is 43.2 Å². The Morgan fingerprint density at radius 1 is 1.10 bits per heavy atom. The van der Waals surface area contributed by atoms with E-state index in [0.717, 1.165) is 11.3 Å². The summed E-state index contributed by atoms with van der Waals surface area (Å²) in [6, 6.07) is 7.87. The fourth-order valence-corrected chi connectivity index (χ4v) is 1.86. The molecule has 0 fully saturated rings. The first kappa shape index (κ1) is 14.8. The number of hydrogen-bond acceptors (Lipinski definition) is 7. The summed E-state index contributed by atoms with van der Waals surface area (Å²) in [7, 11) is 7.29. The van der Waals surface area contributed by atoms with Crippen molar-refractivity contribution < 1.29 is 4.74 Å². The van der Waals surface area contributed by atoms with Gasteiger partial charge in [-0.1, -0.05) is 12.1 Å². The van der Waals surface area contributed by atoms with E-state index < -0.39 is 0 Å². The molecule has 0 bridgehead atoms. The maximum atomic E-state index is 5.74. The molecule has 0 atom stereocenters. The molecule has 1 aromatic heterocycles. The van der Waals surface area contributed by atoms with Gasteiger partial charge in [-0.3, -0.25) is 0 Å². The molecule has 0 aliphatic carbocycles. The second-order valence-corrected chi connectivity index (χ2v) is 4.90. The molecule has 1 heterocycles. The van der Waals surface area contributed by atoms with Crippen LogP contribution in [0, 0.1) is 0 Å². The lowest BCUT2D eigenvalue weighted by Gasteiger charge is -2.19. The van der Waals surface area contributed by atoms with E-state index in [1.54, 1.807) is 12.0 Å². The molecule has 7 heteroatoms. The molecule has 2 aromatic rings. The number of nitrogen functional groups attached to an aromatic ring is 1. The van der Waals surface area contributed by atoms with E-state index in [9.17, 15) is 0 Å². The monoisotopic (exact) mass is 288 g/mol. The third-order valence-corrected chi connectivity index (χ3v) is 2.92. The van der Waals surface area contributed by atoms with Gasteiger partial charge in [-0.05, 0) is 17.7 Å². The van der Waals surface area contributed by atoms with E-state index >= 15 is 0 Å². The Bertz CT molecular complexity index is 616. The summed E-state index contributed by atoms with van der Waals surface area (Å²) in [6.07, 6.45) is 0. The van der Waals surface area contributed by atoms with Gasteiger partial charge >= 0.3 is 0 Å². The van der Waals surface area contributed by atoms with Crippen molar-refractivity contribution in [2.45, 2.75) is 6.54 Å². The number of aromatic nitrogens is 3. The van der Waals surface area contributed by atoms with Crippen LogP contribution in [0.4, 0.5) is 17.8 Å². The fraction of sp³-hybridized carbons (Fsp3) is 0.357. The van der Waals surface area contributed by atoms with Crippen LogP contribution in [0.5, 0.6) is 5.75 Å². The summed E-state index contributed by atoms with van der Waals surface area (Å²) in [6.45, 7) is 0.646. The van der Waals surface area contributed by atoms with Crippen molar-refractivity contribution in [3.63, 3.8) is 0 Å². The Kier molecular flexibility index (Phi) is 4.42. The van der Waals surface area contributed by atoms with Crippen LogP contribution in [0.2, 0.25) is 0 Å². The first-order chi connectivity index (χ1) is 9.99. The van der Waals surface area contributed by atoms with Crippen molar-refractivity contribution in [3.8, 4) is 5.75 Å². The minimum Gasteiger partial charge on any atom is -0.497 e. The Hall–Kier alpha value is -2.57. The van der Waals surface area contributed by atoms with Crippen LogP contribution in [0.3, 0.4) is 0 Å². The standard InChI is InChI=1S/C14H20N6O/c1-19(2)13-16-12(15)17-14(18-13)20(3)9-10-6-5-7-11(8-10)21-4/h5-8H,9H2,1-4H3,(H2,15,16,17,18). The van der Waals surface area contributed by atoms with E-state index in [2.05, 4.69) is 15.0 Å². The maximum Gasteiger partial charge on any atom is 0.231 e. The minimum atomic E-state index is 0.209. The van der Waals surface area contributed by atoms with E-state index in [4.69, 9.17) is 10.5 Å². The summed E-state index contributed by atoms with van der Waals surface area (Å²) >= 11 is 0. The first-order valence-electron chi connectivity index (χ1n) is 6.52. The molecule has 2 N–H and O–H groups in total. The van der Waals surface area contributed by atoms with Crippen molar-refractivity contribution in [3.05, 3.63) is 29.8 Å². The lowest BCUT2D eigenvalue weighted by Crippen LogP contribution is -2.22. The highest BCUT2D eigenvalue weighted by atomic mass is 16.5. The quantitative estimate of drug-likeness (QED) is 0.884. The highest BCUT2D eigenvalue weighted by molar-refractivity contribution is 5.43. The highest BCUT2D eigenvalue weighted by Gasteiger charge is 2.11. The second-order valence-electron chi connectivity index (χ2n) is 4.90. The van der Waals surface area contributed by atoms with Gasteiger partial charge in [0.1, 0.15) is 5.75 Å². The van der Waals surface area contributed by atoms with E-state index in [-0.39, 0.29) is 5.95 Å². The van der Waals surface area contributed by atoms with Gasteiger partial charge in [-0.25, -0.2) is 0 Å². The number of ether oxygens (including phenoxy) is 1. The van der Waals surface area contributed by atoms with E-state index in [1.807, 2.05) is 50.3 Å². The Morgan fingerprint density at radius 2 is 1.81 bits per heavy atom. The molecule has 0 saturated heterocycles. The zero-order chi connectivity index (χ0) is 15.4. The fourth-order valence-electron chi connectivity index (χ4n) is 1.86. The zero-order valence-corrected chi connectivity index (χ0v) is 12.7. The number of methoxy groups -OCH3 is 1. The van der Waals surface area contributed by atoms with Gasteiger partial charge in [0, 0.05) is 27.7 Å². The molecule has 0 unspecified atom stereocenters.